The molecule has 1 aliphatic carbocycles. The number of allylic oxidation sites excluding steroid dienone is 1. The fourth-order valence-electron chi connectivity index (χ4n) is 7.70. The second kappa shape index (κ2) is 15.4. The number of carbonyl (C=O) groups excluding carboxylic acids is 4. The molecule has 14 heteroatoms. The predicted octanol–water partition coefficient (Wildman–Crippen LogP) is 5.38. The Hall–Kier alpha value is -5.92. The van der Waals surface area contributed by atoms with Gasteiger partial charge in [-0.15, -0.1) is 0 Å². The van der Waals surface area contributed by atoms with Crippen molar-refractivity contribution in [3.05, 3.63) is 77.6 Å². The van der Waals surface area contributed by atoms with Crippen LogP contribution >= 0.6 is 0 Å². The zero-order chi connectivity index (χ0) is 37.1. The number of amides is 4. The first-order valence-corrected chi connectivity index (χ1v) is 18.0. The minimum Gasteiger partial charge on any atom is -0.453 e. The number of nitrogens with one attached hydrogen (secondary N) is 4. The summed E-state index contributed by atoms with van der Waals surface area (Å²) >= 11 is 0. The summed E-state index contributed by atoms with van der Waals surface area (Å²) in [5.41, 5.74) is 8.49. The highest BCUT2D eigenvalue weighted by atomic mass is 16.5. The zero-order valence-corrected chi connectivity index (χ0v) is 30.1. The van der Waals surface area contributed by atoms with E-state index < -0.39 is 12.2 Å². The Balaban J connectivity index is 1.09. The number of fused-ring (bicyclic) bond motifs is 1. The van der Waals surface area contributed by atoms with Crippen molar-refractivity contribution >= 4 is 30.1 Å². The Morgan fingerprint density at radius 2 is 1.28 bits per heavy atom. The van der Waals surface area contributed by atoms with Crippen LogP contribution in [0.4, 0.5) is 9.59 Å². The van der Waals surface area contributed by atoms with Crippen molar-refractivity contribution < 1.29 is 28.7 Å². The fourth-order valence-corrected chi connectivity index (χ4v) is 7.70. The van der Waals surface area contributed by atoms with E-state index in [0.29, 0.717) is 19.0 Å². The molecule has 0 bridgehead atoms. The molecule has 276 valence electrons. The van der Waals surface area contributed by atoms with E-state index in [4.69, 9.17) is 4.98 Å². The van der Waals surface area contributed by atoms with Crippen molar-refractivity contribution in [2.24, 2.45) is 5.92 Å². The van der Waals surface area contributed by atoms with Crippen LogP contribution in [0.15, 0.2) is 54.9 Å². The van der Waals surface area contributed by atoms with Crippen LogP contribution in [0.25, 0.3) is 39.7 Å². The lowest BCUT2D eigenvalue weighted by molar-refractivity contribution is -0.132. The monoisotopic (exact) mass is 720 g/mol. The molecule has 2 aromatic carbocycles. The Morgan fingerprint density at radius 1 is 0.755 bits per heavy atom. The highest BCUT2D eigenvalue weighted by molar-refractivity contribution is 5.85. The number of aromatic nitrogens is 4. The van der Waals surface area contributed by atoms with E-state index in [1.807, 2.05) is 6.20 Å². The summed E-state index contributed by atoms with van der Waals surface area (Å²) in [5, 5.41) is 4.96. The van der Waals surface area contributed by atoms with E-state index in [2.05, 4.69) is 90.5 Å². The summed E-state index contributed by atoms with van der Waals surface area (Å²) < 4.78 is 9.20. The molecule has 4 heterocycles. The van der Waals surface area contributed by atoms with Gasteiger partial charge in [-0.2, -0.15) is 0 Å². The van der Waals surface area contributed by atoms with Crippen LogP contribution in [-0.2, 0) is 25.5 Å². The molecule has 0 saturated carbocycles. The number of hydrogen-bond donors (Lipinski definition) is 4. The molecule has 0 radical (unpaired) electrons. The summed E-state index contributed by atoms with van der Waals surface area (Å²) in [6.07, 6.45) is 11.0. The summed E-state index contributed by atoms with van der Waals surface area (Å²) in [7, 11) is 2.54. The average molecular weight is 721 g/mol. The molecule has 0 spiro atoms. The smallest absolute Gasteiger partial charge is 0.407 e. The lowest BCUT2D eigenvalue weighted by atomic mass is 9.82. The molecule has 4 N–H and O–H groups in total. The normalized spacial score (nSPS) is 19.2. The Kier molecular flexibility index (Phi) is 10.3. The first kappa shape index (κ1) is 35.5. The minimum atomic E-state index is -0.636. The molecule has 3 atom stereocenters. The van der Waals surface area contributed by atoms with Gasteiger partial charge in [0.15, 0.2) is 0 Å². The van der Waals surface area contributed by atoms with Crippen LogP contribution in [0.3, 0.4) is 0 Å². The highest BCUT2D eigenvalue weighted by Crippen LogP contribution is 2.40. The Labute approximate surface area is 307 Å². The number of carbonyl (C=O) groups is 4. The molecule has 14 nitrogen and oxygen atoms in total. The van der Waals surface area contributed by atoms with E-state index >= 15 is 0 Å². The van der Waals surface area contributed by atoms with E-state index in [1.165, 1.54) is 25.3 Å². The molecule has 7 rings (SSSR count). The molecule has 53 heavy (non-hydrogen) atoms. The van der Waals surface area contributed by atoms with Crippen molar-refractivity contribution in [1.29, 1.82) is 0 Å². The quantitative estimate of drug-likeness (QED) is 0.178. The van der Waals surface area contributed by atoms with Gasteiger partial charge in [0.1, 0.15) is 24.7 Å². The third-order valence-corrected chi connectivity index (χ3v) is 10.4. The van der Waals surface area contributed by atoms with Crippen molar-refractivity contribution in [3.8, 4) is 33.6 Å². The number of methoxy groups -OCH3 is 2. The van der Waals surface area contributed by atoms with Crippen LogP contribution in [0.2, 0.25) is 0 Å². The van der Waals surface area contributed by atoms with Gasteiger partial charge < -0.3 is 39.9 Å². The second-order valence-corrected chi connectivity index (χ2v) is 13.7. The molecule has 2 fully saturated rings. The minimum absolute atomic E-state index is 0.124. The second-order valence-electron chi connectivity index (χ2n) is 13.7. The molecule has 3 aliphatic rings. The summed E-state index contributed by atoms with van der Waals surface area (Å²) in [4.78, 5) is 68.6. The molecule has 4 amide bonds. The number of ether oxygens (including phenoxy) is 2. The SMILES string of the molecule is COC(=O)NCC(=O)N1CCC[C@H]1c1ncc(-c2ccc(-c3ccc(-c4cnc([C@@H]5CCCN5C(=O)CNC(=O)OC)[nH]4)c4c3CC(C)C=C4)cc2)[nH]1. The van der Waals surface area contributed by atoms with E-state index in [9.17, 15) is 19.2 Å². The molecular weight excluding hydrogens is 676 g/mol. The van der Waals surface area contributed by atoms with Gasteiger partial charge in [-0.3, -0.25) is 9.59 Å². The van der Waals surface area contributed by atoms with Gasteiger partial charge in [0, 0.05) is 18.7 Å². The molecule has 4 aromatic rings. The number of aromatic amines is 2. The van der Waals surface area contributed by atoms with Crippen molar-refractivity contribution in [1.82, 2.24) is 40.4 Å². The van der Waals surface area contributed by atoms with Crippen LogP contribution in [0.1, 0.15) is 67.5 Å². The standard InChI is InChI=1S/C39H44N8O6/c1-23-8-13-27-28(31-20-41-37(45-31)33-7-5-17-47(33)35(49)22-43-39(51)53-3)15-14-26(29(27)18-23)24-9-11-25(12-10-24)30-19-40-36(44-30)32-6-4-16-46(32)34(48)21-42-38(50)52-2/h8-15,19-20,23,32-33H,4-7,16-18,21-22H2,1-3H3,(H,40,44)(H,41,45)(H,42,50)(H,43,51)/t23?,32-,33-/m0/s1. The maximum absolute atomic E-state index is 12.9. The van der Waals surface area contributed by atoms with Crippen LogP contribution in [-0.4, -0.2) is 94.1 Å². The highest BCUT2D eigenvalue weighted by Gasteiger charge is 2.33. The lowest BCUT2D eigenvalue weighted by Crippen LogP contribution is -2.40. The number of nitrogens with zero attached hydrogens (tertiary/aromatic N) is 4. The van der Waals surface area contributed by atoms with Gasteiger partial charge in [0.25, 0.3) is 0 Å². The van der Waals surface area contributed by atoms with Crippen LogP contribution < -0.4 is 10.6 Å². The number of H-pyrrole nitrogens is 2. The number of rotatable bonds is 9. The van der Waals surface area contributed by atoms with E-state index in [0.717, 1.165) is 77.4 Å². The number of alkyl carbamates (subject to hydrolysis) is 2. The van der Waals surface area contributed by atoms with Crippen LogP contribution in [0.5, 0.6) is 0 Å². The third-order valence-electron chi connectivity index (χ3n) is 10.4. The van der Waals surface area contributed by atoms with Gasteiger partial charge >= 0.3 is 12.2 Å². The first-order valence-electron chi connectivity index (χ1n) is 18.0. The molecule has 1 unspecified atom stereocenters. The Bertz CT molecular complexity index is 2030. The van der Waals surface area contributed by atoms with E-state index in [-0.39, 0.29) is 37.0 Å². The molecule has 2 aromatic heterocycles. The fraction of sp³-hybridized carbons (Fsp3) is 0.385. The Morgan fingerprint density at radius 3 is 1.87 bits per heavy atom. The topological polar surface area (TPSA) is 175 Å². The summed E-state index contributed by atoms with van der Waals surface area (Å²) in [6.45, 7) is 3.18. The maximum atomic E-state index is 12.9. The van der Waals surface area contributed by atoms with Crippen molar-refractivity contribution in [2.75, 3.05) is 40.4 Å². The predicted molar refractivity (Wildman–Crippen MR) is 197 cm³/mol. The number of likely N-dealkylation sites (tertiary alicyclic amines) is 2. The summed E-state index contributed by atoms with van der Waals surface area (Å²) in [5.74, 6) is 1.49. The molecule has 2 saturated heterocycles. The van der Waals surface area contributed by atoms with Gasteiger partial charge in [-0.25, -0.2) is 19.6 Å². The molecular formula is C39H44N8O6. The lowest BCUT2D eigenvalue weighted by Gasteiger charge is -2.24. The van der Waals surface area contributed by atoms with Crippen molar-refractivity contribution in [3.63, 3.8) is 0 Å². The average Bonchev–Trinajstić information content (AvgIpc) is 4.02. The number of hydrogen-bond acceptors (Lipinski definition) is 8. The number of imidazole rings is 2. The summed E-state index contributed by atoms with van der Waals surface area (Å²) in [6, 6.07) is 12.4. The largest absolute Gasteiger partial charge is 0.453 e. The van der Waals surface area contributed by atoms with Crippen LogP contribution in [0, 0.1) is 5.92 Å². The maximum Gasteiger partial charge on any atom is 0.407 e. The van der Waals surface area contributed by atoms with Gasteiger partial charge in [-0.05, 0) is 65.8 Å². The van der Waals surface area contributed by atoms with Gasteiger partial charge in [-0.1, -0.05) is 55.5 Å². The van der Waals surface area contributed by atoms with Gasteiger partial charge in [0.2, 0.25) is 11.8 Å². The third kappa shape index (κ3) is 7.39. The first-order chi connectivity index (χ1) is 25.7. The van der Waals surface area contributed by atoms with Gasteiger partial charge in [0.05, 0.1) is 50.1 Å². The van der Waals surface area contributed by atoms with Crippen molar-refractivity contribution in [2.45, 2.75) is 51.1 Å². The molecule has 2 aliphatic heterocycles. The van der Waals surface area contributed by atoms with E-state index in [1.54, 1.807) is 16.0 Å². The number of benzene rings is 2. The zero-order valence-electron chi connectivity index (χ0n) is 30.1.